The van der Waals surface area contributed by atoms with Gasteiger partial charge < -0.3 is 4.74 Å². The Hall–Kier alpha value is -2.34. The van der Waals surface area contributed by atoms with E-state index >= 15 is 0 Å². The third kappa shape index (κ3) is 3.36. The average molecular weight is 274 g/mol. The first-order chi connectivity index (χ1) is 9.72. The third-order valence-corrected chi connectivity index (χ3v) is 2.76. The first-order valence-corrected chi connectivity index (χ1v) is 6.55. The Morgan fingerprint density at radius 1 is 1.35 bits per heavy atom. The number of hydrazine groups is 1. The highest BCUT2D eigenvalue weighted by molar-refractivity contribution is 5.84. The van der Waals surface area contributed by atoms with Crippen molar-refractivity contribution in [2.45, 2.75) is 19.8 Å². The number of rotatable bonds is 5. The molecule has 0 atom stereocenters. The van der Waals surface area contributed by atoms with Crippen LogP contribution < -0.4 is 10.9 Å². The topological polar surface area (TPSA) is 73.4 Å². The van der Waals surface area contributed by atoms with Crippen molar-refractivity contribution in [3.05, 3.63) is 42.6 Å². The molecule has 0 aliphatic carbocycles. The summed E-state index contributed by atoms with van der Waals surface area (Å²) < 4.78 is 6.67. The molecule has 0 fully saturated rings. The molecule has 0 aliphatic heterocycles. The number of anilines is 1. The summed E-state index contributed by atoms with van der Waals surface area (Å²) >= 11 is 0. The number of benzene rings is 1. The van der Waals surface area contributed by atoms with Crippen molar-refractivity contribution in [1.29, 1.82) is 0 Å². The van der Waals surface area contributed by atoms with Crippen LogP contribution in [0.15, 0.2) is 42.6 Å². The van der Waals surface area contributed by atoms with Crippen molar-refractivity contribution >= 4 is 11.9 Å². The van der Waals surface area contributed by atoms with Crippen LogP contribution in [0.1, 0.15) is 19.8 Å². The van der Waals surface area contributed by atoms with Crippen molar-refractivity contribution in [1.82, 2.24) is 9.78 Å². The molecule has 0 radical (unpaired) electrons. The van der Waals surface area contributed by atoms with Crippen LogP contribution in [0.3, 0.4) is 0 Å². The first kappa shape index (κ1) is 14.1. The molecule has 0 saturated carbocycles. The summed E-state index contributed by atoms with van der Waals surface area (Å²) in [6, 6.07) is 11.2. The zero-order valence-corrected chi connectivity index (χ0v) is 11.4. The fourth-order valence-corrected chi connectivity index (χ4v) is 1.63. The molecule has 2 rings (SSSR count). The predicted octanol–water partition coefficient (Wildman–Crippen LogP) is 2.49. The number of carbonyl (C=O) groups excluding carboxylic acids is 1. The SMILES string of the molecule is CCCCOC(=O)N(N)c1ccn(-c2ccccc2)n1. The van der Waals surface area contributed by atoms with Crippen LogP contribution in [0, 0.1) is 0 Å². The molecule has 6 heteroatoms. The number of amides is 1. The Morgan fingerprint density at radius 2 is 2.10 bits per heavy atom. The molecule has 1 aromatic heterocycles. The van der Waals surface area contributed by atoms with Gasteiger partial charge in [0.05, 0.1) is 12.3 Å². The highest BCUT2D eigenvalue weighted by Gasteiger charge is 2.15. The molecule has 0 saturated heterocycles. The summed E-state index contributed by atoms with van der Waals surface area (Å²) in [5.41, 5.74) is 0.895. The van der Waals surface area contributed by atoms with E-state index in [0.717, 1.165) is 23.5 Å². The van der Waals surface area contributed by atoms with Gasteiger partial charge in [0.1, 0.15) is 0 Å². The molecule has 1 heterocycles. The Balaban J connectivity index is 2.03. The maximum Gasteiger partial charge on any atom is 0.430 e. The van der Waals surface area contributed by atoms with Gasteiger partial charge in [0.2, 0.25) is 0 Å². The molecular weight excluding hydrogens is 256 g/mol. The molecule has 2 N–H and O–H groups in total. The Bertz CT molecular complexity index is 553. The van der Waals surface area contributed by atoms with Crippen molar-refractivity contribution in [2.75, 3.05) is 11.6 Å². The Labute approximate surface area is 117 Å². The highest BCUT2D eigenvalue weighted by Crippen LogP contribution is 2.12. The molecule has 106 valence electrons. The molecule has 1 aromatic carbocycles. The molecular formula is C14H18N4O2. The predicted molar refractivity (Wildman–Crippen MR) is 76.5 cm³/mol. The molecule has 0 spiro atoms. The summed E-state index contributed by atoms with van der Waals surface area (Å²) in [6.45, 7) is 2.39. The third-order valence-electron chi connectivity index (χ3n) is 2.76. The molecule has 0 unspecified atom stereocenters. The summed E-state index contributed by atoms with van der Waals surface area (Å²) in [4.78, 5) is 11.7. The number of nitrogens with zero attached hydrogens (tertiary/aromatic N) is 3. The van der Waals surface area contributed by atoms with Gasteiger partial charge in [0.15, 0.2) is 5.82 Å². The van der Waals surface area contributed by atoms with E-state index in [1.807, 2.05) is 37.3 Å². The lowest BCUT2D eigenvalue weighted by Gasteiger charge is -2.13. The second-order valence-corrected chi connectivity index (χ2v) is 4.29. The summed E-state index contributed by atoms with van der Waals surface area (Å²) in [5, 5.41) is 5.16. The Morgan fingerprint density at radius 3 is 2.80 bits per heavy atom. The van der Waals surface area contributed by atoms with Crippen molar-refractivity contribution in [3.8, 4) is 5.69 Å². The minimum atomic E-state index is -0.600. The summed E-state index contributed by atoms with van der Waals surface area (Å²) in [5.74, 6) is 6.04. The fraction of sp³-hybridized carbons (Fsp3) is 0.286. The number of carbonyl (C=O) groups is 1. The van der Waals surface area contributed by atoms with Crippen molar-refractivity contribution in [2.24, 2.45) is 5.84 Å². The minimum Gasteiger partial charge on any atom is -0.448 e. The maximum absolute atomic E-state index is 11.7. The lowest BCUT2D eigenvalue weighted by atomic mass is 10.3. The summed E-state index contributed by atoms with van der Waals surface area (Å²) in [7, 11) is 0. The van der Waals surface area contributed by atoms with E-state index in [4.69, 9.17) is 10.6 Å². The van der Waals surface area contributed by atoms with Gasteiger partial charge in [0.25, 0.3) is 0 Å². The van der Waals surface area contributed by atoms with E-state index in [1.54, 1.807) is 16.9 Å². The number of unbranched alkanes of at least 4 members (excludes halogenated alkanes) is 1. The summed E-state index contributed by atoms with van der Waals surface area (Å²) in [6.07, 6.45) is 2.92. The van der Waals surface area contributed by atoms with Crippen LogP contribution in [0.4, 0.5) is 10.6 Å². The Kier molecular flexibility index (Phi) is 4.73. The second-order valence-electron chi connectivity index (χ2n) is 4.29. The van der Waals surface area contributed by atoms with Gasteiger partial charge in [-0.3, -0.25) is 0 Å². The average Bonchev–Trinajstić information content (AvgIpc) is 2.97. The van der Waals surface area contributed by atoms with Gasteiger partial charge in [-0.15, -0.1) is 5.10 Å². The minimum absolute atomic E-state index is 0.343. The number of nitrogens with two attached hydrogens (primary N) is 1. The van der Waals surface area contributed by atoms with E-state index in [1.165, 1.54) is 0 Å². The number of para-hydroxylation sites is 1. The van der Waals surface area contributed by atoms with Gasteiger partial charge in [0, 0.05) is 12.3 Å². The van der Waals surface area contributed by atoms with Crippen LogP contribution >= 0.6 is 0 Å². The van der Waals surface area contributed by atoms with Crippen LogP contribution in [-0.4, -0.2) is 22.5 Å². The van der Waals surface area contributed by atoms with E-state index < -0.39 is 6.09 Å². The molecule has 0 bridgehead atoms. The van der Waals surface area contributed by atoms with Crippen LogP contribution in [0.5, 0.6) is 0 Å². The van der Waals surface area contributed by atoms with E-state index in [9.17, 15) is 4.79 Å². The fourth-order valence-electron chi connectivity index (χ4n) is 1.63. The van der Waals surface area contributed by atoms with E-state index in [-0.39, 0.29) is 0 Å². The van der Waals surface area contributed by atoms with Crippen LogP contribution in [0.2, 0.25) is 0 Å². The lowest BCUT2D eigenvalue weighted by molar-refractivity contribution is 0.152. The smallest absolute Gasteiger partial charge is 0.430 e. The molecule has 2 aromatic rings. The second kappa shape index (κ2) is 6.72. The zero-order valence-electron chi connectivity index (χ0n) is 11.4. The van der Waals surface area contributed by atoms with Crippen LogP contribution in [-0.2, 0) is 4.74 Å². The van der Waals surface area contributed by atoms with Gasteiger partial charge in [-0.05, 0) is 18.6 Å². The van der Waals surface area contributed by atoms with Gasteiger partial charge in [-0.1, -0.05) is 31.5 Å². The molecule has 6 nitrogen and oxygen atoms in total. The van der Waals surface area contributed by atoms with Crippen molar-refractivity contribution < 1.29 is 9.53 Å². The number of aromatic nitrogens is 2. The van der Waals surface area contributed by atoms with Crippen LogP contribution in [0.25, 0.3) is 5.69 Å². The quantitative estimate of drug-likeness (QED) is 0.393. The molecule has 1 amide bonds. The monoisotopic (exact) mass is 274 g/mol. The number of hydrogen-bond donors (Lipinski definition) is 1. The normalized spacial score (nSPS) is 10.3. The first-order valence-electron chi connectivity index (χ1n) is 6.55. The largest absolute Gasteiger partial charge is 0.448 e. The standard InChI is InChI=1S/C14H18N4O2/c1-2-3-11-20-14(19)18(15)13-9-10-17(16-13)12-7-5-4-6-8-12/h4-10H,2-3,11,15H2,1H3. The van der Waals surface area contributed by atoms with E-state index in [0.29, 0.717) is 12.4 Å². The highest BCUT2D eigenvalue weighted by atomic mass is 16.6. The van der Waals surface area contributed by atoms with Gasteiger partial charge >= 0.3 is 6.09 Å². The molecule has 20 heavy (non-hydrogen) atoms. The maximum atomic E-state index is 11.7. The van der Waals surface area contributed by atoms with Crippen molar-refractivity contribution in [3.63, 3.8) is 0 Å². The number of ether oxygens (including phenoxy) is 1. The zero-order chi connectivity index (χ0) is 14.4. The van der Waals surface area contributed by atoms with Gasteiger partial charge in [-0.25, -0.2) is 15.3 Å². The van der Waals surface area contributed by atoms with Gasteiger partial charge in [-0.2, -0.15) is 5.01 Å². The molecule has 0 aliphatic rings. The lowest BCUT2D eigenvalue weighted by Crippen LogP contribution is -2.38. The van der Waals surface area contributed by atoms with E-state index in [2.05, 4.69) is 5.10 Å². The number of hydrogen-bond acceptors (Lipinski definition) is 4.